The van der Waals surface area contributed by atoms with Gasteiger partial charge in [0.15, 0.2) is 0 Å². The molecule has 0 aromatic carbocycles. The first-order valence-electron chi connectivity index (χ1n) is 4.52. The van der Waals surface area contributed by atoms with E-state index in [1.165, 1.54) is 0 Å². The minimum atomic E-state index is -0.488. The zero-order chi connectivity index (χ0) is 9.68. The summed E-state index contributed by atoms with van der Waals surface area (Å²) in [6.45, 7) is 11.2. The molecular formula is C9H14N2O2. The molecule has 0 saturated carbocycles. The lowest BCUT2D eigenvalue weighted by Gasteiger charge is -2.26. The van der Waals surface area contributed by atoms with Crippen LogP contribution in [0.4, 0.5) is 0 Å². The van der Waals surface area contributed by atoms with Gasteiger partial charge in [-0.15, -0.1) is 0 Å². The summed E-state index contributed by atoms with van der Waals surface area (Å²) >= 11 is 0. The van der Waals surface area contributed by atoms with E-state index in [1.807, 2.05) is 6.92 Å². The van der Waals surface area contributed by atoms with Crippen molar-refractivity contribution in [2.75, 3.05) is 26.3 Å². The van der Waals surface area contributed by atoms with Crippen LogP contribution >= 0.6 is 0 Å². The molecule has 1 atom stereocenters. The lowest BCUT2D eigenvalue weighted by Crippen LogP contribution is -2.44. The molecule has 0 spiro atoms. The van der Waals surface area contributed by atoms with E-state index >= 15 is 0 Å². The van der Waals surface area contributed by atoms with Crippen molar-refractivity contribution in [2.24, 2.45) is 0 Å². The largest absolute Gasteiger partial charge is 0.378 e. The standard InChI is InChI=1S/C9H14N2O2/c1-3-8(10-2)9(12)11-4-6-13-7-5-11/h8H,3-7H2,1H3. The Balaban J connectivity index is 2.50. The average Bonchev–Trinajstić information content (AvgIpc) is 2.21. The molecule has 0 radical (unpaired) electrons. The van der Waals surface area contributed by atoms with Gasteiger partial charge in [-0.3, -0.25) is 4.79 Å². The quantitative estimate of drug-likeness (QED) is 0.584. The molecule has 1 fully saturated rings. The second-order valence-electron chi connectivity index (χ2n) is 2.99. The molecule has 1 aliphatic rings. The third-order valence-corrected chi connectivity index (χ3v) is 2.15. The first-order chi connectivity index (χ1) is 6.29. The Morgan fingerprint density at radius 2 is 2.23 bits per heavy atom. The van der Waals surface area contributed by atoms with Crippen LogP contribution in [0.3, 0.4) is 0 Å². The second kappa shape index (κ2) is 4.83. The fourth-order valence-electron chi connectivity index (χ4n) is 1.32. The predicted octanol–water partition coefficient (Wildman–Crippen LogP) is 0.543. The normalized spacial score (nSPS) is 19.2. The Hall–Kier alpha value is -1.08. The van der Waals surface area contributed by atoms with Gasteiger partial charge in [-0.25, -0.2) is 6.57 Å². The molecule has 72 valence electrons. The van der Waals surface area contributed by atoms with Crippen molar-refractivity contribution in [2.45, 2.75) is 19.4 Å². The van der Waals surface area contributed by atoms with Gasteiger partial charge in [-0.05, 0) is 0 Å². The first-order valence-corrected chi connectivity index (χ1v) is 4.52. The molecule has 1 unspecified atom stereocenters. The molecule has 1 amide bonds. The summed E-state index contributed by atoms with van der Waals surface area (Å²) in [4.78, 5) is 16.6. The molecule has 13 heavy (non-hydrogen) atoms. The molecule has 0 aromatic rings. The number of ether oxygens (including phenoxy) is 1. The highest BCUT2D eigenvalue weighted by molar-refractivity contribution is 5.83. The Morgan fingerprint density at radius 1 is 1.62 bits per heavy atom. The van der Waals surface area contributed by atoms with Crippen molar-refractivity contribution in [1.82, 2.24) is 4.90 Å². The zero-order valence-electron chi connectivity index (χ0n) is 7.82. The van der Waals surface area contributed by atoms with E-state index in [4.69, 9.17) is 11.3 Å². The molecule has 0 N–H and O–H groups in total. The van der Waals surface area contributed by atoms with E-state index in [2.05, 4.69) is 4.85 Å². The van der Waals surface area contributed by atoms with Crippen molar-refractivity contribution in [1.29, 1.82) is 0 Å². The minimum absolute atomic E-state index is 0.0409. The Kier molecular flexibility index (Phi) is 3.71. The lowest BCUT2D eigenvalue weighted by molar-refractivity contribution is -0.135. The van der Waals surface area contributed by atoms with Crippen LogP contribution in [0.2, 0.25) is 0 Å². The fraction of sp³-hybridized carbons (Fsp3) is 0.778. The number of amides is 1. The highest BCUT2D eigenvalue weighted by atomic mass is 16.5. The summed E-state index contributed by atoms with van der Waals surface area (Å²) < 4.78 is 5.13. The van der Waals surface area contributed by atoms with Crippen LogP contribution < -0.4 is 0 Å². The molecular weight excluding hydrogens is 168 g/mol. The number of nitrogens with zero attached hydrogens (tertiary/aromatic N) is 2. The summed E-state index contributed by atoms with van der Waals surface area (Å²) in [7, 11) is 0. The predicted molar refractivity (Wildman–Crippen MR) is 48.1 cm³/mol. The summed E-state index contributed by atoms with van der Waals surface area (Å²) in [5.41, 5.74) is 0. The maximum Gasteiger partial charge on any atom is 0.305 e. The Labute approximate surface area is 78.3 Å². The van der Waals surface area contributed by atoms with Gasteiger partial charge in [0.25, 0.3) is 6.04 Å². The van der Waals surface area contributed by atoms with Crippen LogP contribution in [0.25, 0.3) is 4.85 Å². The van der Waals surface area contributed by atoms with Crippen molar-refractivity contribution >= 4 is 5.91 Å². The van der Waals surface area contributed by atoms with E-state index in [0.29, 0.717) is 32.7 Å². The number of hydrogen-bond acceptors (Lipinski definition) is 2. The van der Waals surface area contributed by atoms with Crippen LogP contribution in [0.1, 0.15) is 13.3 Å². The Morgan fingerprint density at radius 3 is 2.69 bits per heavy atom. The van der Waals surface area contributed by atoms with Crippen molar-refractivity contribution < 1.29 is 9.53 Å². The highest BCUT2D eigenvalue weighted by Gasteiger charge is 2.28. The van der Waals surface area contributed by atoms with Crippen molar-refractivity contribution in [3.63, 3.8) is 0 Å². The molecule has 4 heteroatoms. The third-order valence-electron chi connectivity index (χ3n) is 2.15. The molecule has 0 aromatic heterocycles. The highest BCUT2D eigenvalue weighted by Crippen LogP contribution is 2.05. The molecule has 1 saturated heterocycles. The maximum absolute atomic E-state index is 11.6. The summed E-state index contributed by atoms with van der Waals surface area (Å²) in [6.07, 6.45) is 0.597. The van der Waals surface area contributed by atoms with Gasteiger partial charge >= 0.3 is 5.91 Å². The van der Waals surface area contributed by atoms with Crippen LogP contribution in [0.5, 0.6) is 0 Å². The van der Waals surface area contributed by atoms with Gasteiger partial charge in [-0.2, -0.15) is 0 Å². The molecule has 0 bridgehead atoms. The van der Waals surface area contributed by atoms with Gasteiger partial charge in [-0.1, -0.05) is 6.92 Å². The Bertz CT molecular complexity index is 216. The molecule has 1 aliphatic heterocycles. The average molecular weight is 182 g/mol. The topological polar surface area (TPSA) is 33.9 Å². The van der Waals surface area contributed by atoms with Gasteiger partial charge < -0.3 is 14.5 Å². The number of carbonyl (C=O) groups is 1. The molecule has 1 rings (SSSR count). The monoisotopic (exact) mass is 182 g/mol. The van der Waals surface area contributed by atoms with Gasteiger partial charge in [0.1, 0.15) is 0 Å². The number of carbonyl (C=O) groups excluding carboxylic acids is 1. The summed E-state index contributed by atoms with van der Waals surface area (Å²) in [6, 6.07) is -0.488. The van der Waals surface area contributed by atoms with Crippen LogP contribution in [-0.2, 0) is 9.53 Å². The van der Waals surface area contributed by atoms with Gasteiger partial charge in [0.2, 0.25) is 0 Å². The molecule has 0 aliphatic carbocycles. The van der Waals surface area contributed by atoms with Gasteiger partial charge in [0.05, 0.1) is 13.2 Å². The first kappa shape index (κ1) is 10.0. The smallest absolute Gasteiger partial charge is 0.305 e. The van der Waals surface area contributed by atoms with E-state index in [9.17, 15) is 4.79 Å². The molecule has 1 heterocycles. The van der Waals surface area contributed by atoms with Crippen molar-refractivity contribution in [3.05, 3.63) is 11.4 Å². The van der Waals surface area contributed by atoms with Gasteiger partial charge in [0, 0.05) is 19.5 Å². The molecule has 4 nitrogen and oxygen atoms in total. The second-order valence-corrected chi connectivity index (χ2v) is 2.99. The minimum Gasteiger partial charge on any atom is -0.378 e. The van der Waals surface area contributed by atoms with Crippen molar-refractivity contribution in [3.8, 4) is 0 Å². The number of rotatable bonds is 2. The maximum atomic E-state index is 11.6. The van der Waals surface area contributed by atoms with E-state index < -0.39 is 6.04 Å². The van der Waals surface area contributed by atoms with E-state index in [0.717, 1.165) is 0 Å². The van der Waals surface area contributed by atoms with Crippen LogP contribution in [0.15, 0.2) is 0 Å². The third kappa shape index (κ3) is 2.43. The SMILES string of the molecule is [C-]#[N+]C(CC)C(=O)N1CCOCC1. The van der Waals surface area contributed by atoms with E-state index in [-0.39, 0.29) is 5.91 Å². The number of hydrogen-bond donors (Lipinski definition) is 0. The van der Waals surface area contributed by atoms with Crippen LogP contribution in [0, 0.1) is 6.57 Å². The summed E-state index contributed by atoms with van der Waals surface area (Å²) in [5, 5.41) is 0. The van der Waals surface area contributed by atoms with Crippen LogP contribution in [-0.4, -0.2) is 43.2 Å². The van der Waals surface area contributed by atoms with E-state index in [1.54, 1.807) is 4.90 Å². The number of morpholine rings is 1. The lowest BCUT2D eigenvalue weighted by atomic mass is 10.2. The summed E-state index contributed by atoms with van der Waals surface area (Å²) in [5.74, 6) is -0.0409. The fourth-order valence-corrected chi connectivity index (χ4v) is 1.32. The zero-order valence-corrected chi connectivity index (χ0v) is 7.82.